The van der Waals surface area contributed by atoms with E-state index in [9.17, 15) is 10.1 Å². The summed E-state index contributed by atoms with van der Waals surface area (Å²) in [5.74, 6) is 0.888. The SMILES string of the molecule is C1COC1.COC(=O)c1cc(OC)c2nc(Cc3cc(F)c4cc3OCCCc3cc(C#N)cnc3COc3cccc-4n3)n(C)c2c1. The number of methoxy groups -OCH3 is 2. The topological polar surface area (TPSA) is 131 Å². The molecule has 5 heterocycles. The average molecular weight is 652 g/mol. The van der Waals surface area contributed by atoms with E-state index in [0.29, 0.717) is 81.8 Å². The number of hydrogen-bond acceptors (Lipinski definition) is 10. The lowest BCUT2D eigenvalue weighted by Crippen LogP contribution is -2.09. The summed E-state index contributed by atoms with van der Waals surface area (Å²) in [4.78, 5) is 26.0. The maximum absolute atomic E-state index is 15.7. The third-order valence-electron chi connectivity index (χ3n) is 8.15. The number of carbonyl (C=O) groups is 1. The summed E-state index contributed by atoms with van der Waals surface area (Å²) in [6.45, 7) is 2.50. The van der Waals surface area contributed by atoms with Crippen LogP contribution in [0.5, 0.6) is 17.4 Å². The highest BCUT2D eigenvalue weighted by Gasteiger charge is 2.21. The van der Waals surface area contributed by atoms with Crippen molar-refractivity contribution in [2.75, 3.05) is 34.0 Å². The van der Waals surface area contributed by atoms with Crippen LogP contribution in [0.25, 0.3) is 22.3 Å². The van der Waals surface area contributed by atoms with Crippen molar-refractivity contribution in [2.24, 2.45) is 7.05 Å². The van der Waals surface area contributed by atoms with Crippen LogP contribution in [0.1, 0.15) is 51.4 Å². The molecular formula is C36H34FN5O6. The summed E-state index contributed by atoms with van der Waals surface area (Å²) in [6, 6.07) is 15.5. The molecule has 0 amide bonds. The van der Waals surface area contributed by atoms with Crippen molar-refractivity contribution in [3.63, 3.8) is 0 Å². The number of benzene rings is 2. The first-order valence-electron chi connectivity index (χ1n) is 15.5. The monoisotopic (exact) mass is 651 g/mol. The van der Waals surface area contributed by atoms with Gasteiger partial charge in [-0.2, -0.15) is 5.26 Å². The normalized spacial score (nSPS) is 13.6. The number of ether oxygens (including phenoxy) is 5. The Morgan fingerprint density at radius 3 is 2.60 bits per heavy atom. The largest absolute Gasteiger partial charge is 0.494 e. The fourth-order valence-electron chi connectivity index (χ4n) is 5.41. The van der Waals surface area contributed by atoms with E-state index < -0.39 is 11.8 Å². The Balaban J connectivity index is 0.000000934. The van der Waals surface area contributed by atoms with Crippen LogP contribution >= 0.6 is 0 Å². The molecule has 3 aromatic heterocycles. The first-order valence-corrected chi connectivity index (χ1v) is 15.5. The van der Waals surface area contributed by atoms with Gasteiger partial charge < -0.3 is 28.3 Å². The first kappa shape index (κ1) is 32.4. The predicted octanol–water partition coefficient (Wildman–Crippen LogP) is 5.74. The van der Waals surface area contributed by atoms with Gasteiger partial charge in [-0.15, -0.1) is 0 Å². The maximum Gasteiger partial charge on any atom is 0.338 e. The third-order valence-corrected chi connectivity index (χ3v) is 8.15. The van der Waals surface area contributed by atoms with E-state index in [-0.39, 0.29) is 18.6 Å². The lowest BCUT2D eigenvalue weighted by Gasteiger charge is -2.16. The number of nitrogens with zero attached hydrogens (tertiary/aromatic N) is 5. The Morgan fingerprint density at radius 2 is 1.88 bits per heavy atom. The molecule has 0 saturated carbocycles. The fraction of sp³-hybridized carbons (Fsp3) is 0.306. The molecule has 0 atom stereocenters. The number of aryl methyl sites for hydroxylation is 2. The molecule has 5 aromatic rings. The van der Waals surface area contributed by atoms with Crippen molar-refractivity contribution >= 4 is 17.0 Å². The van der Waals surface area contributed by atoms with Crippen LogP contribution in [0.15, 0.2) is 54.7 Å². The van der Waals surface area contributed by atoms with Gasteiger partial charge in [-0.25, -0.2) is 19.2 Å². The van der Waals surface area contributed by atoms with Crippen LogP contribution in [0.2, 0.25) is 0 Å². The minimum absolute atomic E-state index is 0.162. The van der Waals surface area contributed by atoms with Crippen LogP contribution in [-0.2, 0) is 36.0 Å². The van der Waals surface area contributed by atoms with Gasteiger partial charge in [0.2, 0.25) is 5.88 Å². The number of pyridine rings is 2. The minimum atomic E-state index is -0.494. The van der Waals surface area contributed by atoms with Crippen LogP contribution in [-0.4, -0.2) is 59.5 Å². The van der Waals surface area contributed by atoms with Gasteiger partial charge in [-0.3, -0.25) is 4.98 Å². The molecule has 2 aliphatic heterocycles. The Kier molecular flexibility index (Phi) is 9.78. The van der Waals surface area contributed by atoms with E-state index in [4.69, 9.17) is 28.7 Å². The molecule has 11 nitrogen and oxygen atoms in total. The number of fused-ring (bicyclic) bond motifs is 7. The van der Waals surface area contributed by atoms with E-state index in [2.05, 4.69) is 16.0 Å². The first-order chi connectivity index (χ1) is 23.4. The molecule has 0 N–H and O–H groups in total. The fourth-order valence-corrected chi connectivity index (χ4v) is 5.41. The summed E-state index contributed by atoms with van der Waals surface area (Å²) in [6.07, 6.45) is 4.26. The van der Waals surface area contributed by atoms with Crippen LogP contribution in [0, 0.1) is 17.1 Å². The van der Waals surface area contributed by atoms with E-state index in [1.165, 1.54) is 32.9 Å². The highest BCUT2D eigenvalue weighted by molar-refractivity contribution is 5.96. The van der Waals surface area contributed by atoms with Crippen molar-refractivity contribution < 1.29 is 32.9 Å². The van der Waals surface area contributed by atoms with Crippen molar-refractivity contribution in [1.82, 2.24) is 19.5 Å². The quantitative estimate of drug-likeness (QED) is 0.222. The molecule has 7 rings (SSSR count). The Labute approximate surface area is 276 Å². The molecule has 0 aliphatic carbocycles. The molecule has 48 heavy (non-hydrogen) atoms. The molecule has 246 valence electrons. The van der Waals surface area contributed by atoms with E-state index in [1.54, 1.807) is 36.4 Å². The Bertz CT molecular complexity index is 2010. The predicted molar refractivity (Wildman–Crippen MR) is 174 cm³/mol. The van der Waals surface area contributed by atoms with Crippen LogP contribution < -0.4 is 14.2 Å². The van der Waals surface area contributed by atoms with E-state index >= 15 is 4.39 Å². The van der Waals surface area contributed by atoms with Crippen molar-refractivity contribution in [3.05, 3.63) is 94.3 Å². The molecule has 0 unspecified atom stereocenters. The summed E-state index contributed by atoms with van der Waals surface area (Å²) in [5.41, 5.74) is 4.88. The van der Waals surface area contributed by atoms with Gasteiger partial charge in [0.1, 0.15) is 41.3 Å². The van der Waals surface area contributed by atoms with Gasteiger partial charge in [-0.1, -0.05) is 6.07 Å². The van der Waals surface area contributed by atoms with E-state index in [0.717, 1.165) is 18.8 Å². The molecule has 1 fully saturated rings. The van der Waals surface area contributed by atoms with Crippen molar-refractivity contribution in [1.29, 1.82) is 5.26 Å². The number of aromatic nitrogens is 4. The van der Waals surface area contributed by atoms with Gasteiger partial charge in [-0.05, 0) is 61.2 Å². The van der Waals surface area contributed by atoms with Gasteiger partial charge in [0.25, 0.3) is 0 Å². The van der Waals surface area contributed by atoms with Crippen LogP contribution in [0.3, 0.4) is 0 Å². The second-order valence-electron chi connectivity index (χ2n) is 11.3. The number of carbonyl (C=O) groups excluding carboxylic acids is 1. The Hall–Kier alpha value is -5.54. The number of imidazole rings is 1. The number of hydrogen-bond donors (Lipinski definition) is 0. The van der Waals surface area contributed by atoms with Crippen LogP contribution in [0.4, 0.5) is 4.39 Å². The second kappa shape index (κ2) is 14.5. The van der Waals surface area contributed by atoms with E-state index in [1.807, 2.05) is 17.7 Å². The number of esters is 1. The van der Waals surface area contributed by atoms with Gasteiger partial charge >= 0.3 is 5.97 Å². The lowest BCUT2D eigenvalue weighted by molar-refractivity contribution is 0.0367. The molecular weight excluding hydrogens is 617 g/mol. The zero-order valence-electron chi connectivity index (χ0n) is 26.9. The Morgan fingerprint density at radius 1 is 1.06 bits per heavy atom. The molecule has 4 bridgehead atoms. The number of rotatable bonds is 4. The smallest absolute Gasteiger partial charge is 0.338 e. The molecule has 0 radical (unpaired) electrons. The highest BCUT2D eigenvalue weighted by atomic mass is 19.1. The van der Waals surface area contributed by atoms with Gasteiger partial charge in [0.15, 0.2) is 0 Å². The molecule has 2 aromatic carbocycles. The van der Waals surface area contributed by atoms with Crippen molar-refractivity contribution in [3.8, 4) is 34.7 Å². The molecule has 12 heteroatoms. The minimum Gasteiger partial charge on any atom is -0.494 e. The average Bonchev–Trinajstić information content (AvgIpc) is 3.39. The second-order valence-corrected chi connectivity index (χ2v) is 11.3. The zero-order chi connectivity index (χ0) is 33.6. The van der Waals surface area contributed by atoms with Gasteiger partial charge in [0.05, 0.1) is 48.9 Å². The summed E-state index contributed by atoms with van der Waals surface area (Å²) in [7, 11) is 4.65. The standard InChI is InChI=1S/C33H28FN5O5.C3H6O/c1-39-27-12-22(33(40)42-3)13-29(41-2)32(27)38-30(39)14-21-11-24(34)23-15-28(21)43-9-5-6-20-10-19(16-35)17-36-26(20)18-44-31-8-4-7-25(23)37-31;1-2-4-3-1/h4,7-8,10-13,15,17H,5-6,9,14,18H2,1-3H3;1-3H2. The third kappa shape index (κ3) is 6.91. The number of nitriles is 1. The molecule has 0 spiro atoms. The zero-order valence-corrected chi connectivity index (χ0v) is 26.9. The highest BCUT2D eigenvalue weighted by Crippen LogP contribution is 2.34. The summed E-state index contributed by atoms with van der Waals surface area (Å²) in [5, 5.41) is 9.38. The summed E-state index contributed by atoms with van der Waals surface area (Å²) < 4.78 is 44.9. The molecule has 2 aliphatic rings. The lowest BCUT2D eigenvalue weighted by atomic mass is 10.0. The van der Waals surface area contributed by atoms with Gasteiger partial charge in [0, 0.05) is 50.1 Å². The summed E-state index contributed by atoms with van der Waals surface area (Å²) >= 11 is 0. The number of halogens is 1. The maximum atomic E-state index is 15.7. The van der Waals surface area contributed by atoms with Crippen molar-refractivity contribution in [2.45, 2.75) is 32.3 Å². The molecule has 1 saturated heterocycles.